The van der Waals surface area contributed by atoms with Crippen LogP contribution in [0.5, 0.6) is 0 Å². The maximum atomic E-state index is 11.6. The smallest absolute Gasteiger partial charge is 0.325 e. The quantitative estimate of drug-likeness (QED) is 0.533. The van der Waals surface area contributed by atoms with Crippen molar-refractivity contribution >= 4 is 21.9 Å². The van der Waals surface area contributed by atoms with Crippen LogP contribution in [-0.2, 0) is 30.8 Å². The third-order valence-corrected chi connectivity index (χ3v) is 5.25. The second-order valence-corrected chi connectivity index (χ2v) is 8.28. The molecule has 0 aromatic carbocycles. The zero-order valence-electron chi connectivity index (χ0n) is 15.9. The van der Waals surface area contributed by atoms with E-state index in [1.54, 1.807) is 31.3 Å². The van der Waals surface area contributed by atoms with Crippen LogP contribution in [0.4, 0.5) is 5.95 Å². The van der Waals surface area contributed by atoms with Crippen LogP contribution in [0.2, 0.25) is 0 Å². The van der Waals surface area contributed by atoms with Crippen LogP contribution in [0.3, 0.4) is 0 Å². The molecular weight excluding hydrogens is 374 g/mol. The topological polar surface area (TPSA) is 114 Å². The van der Waals surface area contributed by atoms with E-state index in [9.17, 15) is 13.2 Å². The van der Waals surface area contributed by atoms with Crippen molar-refractivity contribution in [1.82, 2.24) is 19.6 Å². The Morgan fingerprint density at radius 3 is 2.78 bits per heavy atom. The molecule has 0 aliphatic carbocycles. The van der Waals surface area contributed by atoms with Gasteiger partial charge < -0.3 is 19.7 Å². The molecule has 0 unspecified atom stereocenters. The first-order chi connectivity index (χ1) is 12.8. The summed E-state index contributed by atoms with van der Waals surface area (Å²) < 4.78 is 35.2. The van der Waals surface area contributed by atoms with Crippen molar-refractivity contribution in [3.8, 4) is 0 Å². The predicted molar refractivity (Wildman–Crippen MR) is 99.8 cm³/mol. The van der Waals surface area contributed by atoms with Crippen molar-refractivity contribution in [2.24, 2.45) is 0 Å². The Morgan fingerprint density at radius 1 is 1.44 bits per heavy atom. The summed E-state index contributed by atoms with van der Waals surface area (Å²) in [6.45, 7) is 4.37. The zero-order chi connectivity index (χ0) is 19.9. The van der Waals surface area contributed by atoms with E-state index in [4.69, 9.17) is 9.47 Å². The minimum absolute atomic E-state index is 0.0846. The van der Waals surface area contributed by atoms with E-state index in [2.05, 4.69) is 15.3 Å². The highest BCUT2D eigenvalue weighted by atomic mass is 32.2. The summed E-state index contributed by atoms with van der Waals surface area (Å²) in [6, 6.07) is 0. The Hall–Kier alpha value is -1.82. The number of ether oxygens (including phenoxy) is 2. The van der Waals surface area contributed by atoms with Gasteiger partial charge in [0.1, 0.15) is 6.54 Å². The molecular formula is C16H27N5O5S. The lowest BCUT2D eigenvalue weighted by molar-refractivity contribution is -0.141. The average molecular weight is 401 g/mol. The Balaban J connectivity index is 1.77. The number of rotatable bonds is 9. The maximum absolute atomic E-state index is 11.6. The van der Waals surface area contributed by atoms with Gasteiger partial charge in [-0.15, -0.1) is 0 Å². The zero-order valence-corrected chi connectivity index (χ0v) is 16.7. The van der Waals surface area contributed by atoms with E-state index in [0.29, 0.717) is 45.3 Å². The molecule has 2 heterocycles. The number of anilines is 1. The fraction of sp³-hybridized carbons (Fsp3) is 0.688. The molecule has 1 N–H and O–H groups in total. The molecule has 1 aromatic rings. The van der Waals surface area contributed by atoms with E-state index in [0.717, 1.165) is 5.56 Å². The number of likely N-dealkylation sites (N-methyl/N-ethyl adjacent to an activating group) is 1. The summed E-state index contributed by atoms with van der Waals surface area (Å²) in [5.41, 5.74) is 0.874. The number of nitrogens with zero attached hydrogens (tertiary/aromatic N) is 4. The highest BCUT2D eigenvalue weighted by molar-refractivity contribution is 7.88. The van der Waals surface area contributed by atoms with Crippen LogP contribution in [-0.4, -0.2) is 87.5 Å². The van der Waals surface area contributed by atoms with Crippen LogP contribution < -0.4 is 10.2 Å². The highest BCUT2D eigenvalue weighted by Crippen LogP contribution is 2.09. The first-order valence-corrected chi connectivity index (χ1v) is 10.6. The van der Waals surface area contributed by atoms with Crippen molar-refractivity contribution in [2.45, 2.75) is 19.6 Å². The minimum atomic E-state index is -3.19. The van der Waals surface area contributed by atoms with Gasteiger partial charge in [-0.2, -0.15) is 4.31 Å². The monoisotopic (exact) mass is 401 g/mol. The number of hydrogen-bond acceptors (Lipinski definition) is 9. The number of carbonyl (C=O) groups is 1. The molecule has 0 bridgehead atoms. The molecule has 152 valence electrons. The van der Waals surface area contributed by atoms with Crippen LogP contribution >= 0.6 is 0 Å². The van der Waals surface area contributed by atoms with Crippen LogP contribution in [0.25, 0.3) is 0 Å². The van der Waals surface area contributed by atoms with E-state index < -0.39 is 10.0 Å². The molecule has 1 fully saturated rings. The molecule has 1 aromatic heterocycles. The third-order valence-electron chi connectivity index (χ3n) is 3.98. The number of morpholine rings is 1. The summed E-state index contributed by atoms with van der Waals surface area (Å²) >= 11 is 0. The minimum Gasteiger partial charge on any atom is -0.465 e. The molecule has 0 spiro atoms. The van der Waals surface area contributed by atoms with Crippen molar-refractivity contribution in [3.05, 3.63) is 18.0 Å². The van der Waals surface area contributed by atoms with Gasteiger partial charge in [-0.3, -0.25) is 4.79 Å². The standard InChI is InChI=1S/C16H27N5O5S/c1-4-25-15(22)12-20(2)16-18-8-13(9-19-16)7-17-10-14-11-21(5-6-26-14)27(3,23)24/h8-9,14,17H,4-7,10-12H2,1-3H3/t14-/m0/s1. The molecule has 11 heteroatoms. The second kappa shape index (κ2) is 9.93. The van der Waals surface area contributed by atoms with Crippen LogP contribution in [0.1, 0.15) is 12.5 Å². The van der Waals surface area contributed by atoms with Gasteiger partial charge in [0.2, 0.25) is 16.0 Å². The largest absolute Gasteiger partial charge is 0.465 e. The molecule has 2 rings (SSSR count). The number of hydrogen-bond donors (Lipinski definition) is 1. The normalized spacial score (nSPS) is 18.3. The molecule has 10 nitrogen and oxygen atoms in total. The molecule has 1 aliphatic heterocycles. The molecule has 0 amide bonds. The fourth-order valence-corrected chi connectivity index (χ4v) is 3.45. The highest BCUT2D eigenvalue weighted by Gasteiger charge is 2.26. The summed E-state index contributed by atoms with van der Waals surface area (Å²) in [5.74, 6) is 0.108. The lowest BCUT2D eigenvalue weighted by atomic mass is 10.3. The summed E-state index contributed by atoms with van der Waals surface area (Å²) in [7, 11) is -1.47. The lowest BCUT2D eigenvalue weighted by Crippen LogP contribution is -2.48. The molecule has 1 aliphatic rings. The second-order valence-electron chi connectivity index (χ2n) is 6.30. The molecule has 0 saturated carbocycles. The number of nitrogens with one attached hydrogen (secondary N) is 1. The maximum Gasteiger partial charge on any atom is 0.325 e. The Kier molecular flexibility index (Phi) is 7.90. The third kappa shape index (κ3) is 7.01. The van der Waals surface area contributed by atoms with Crippen molar-refractivity contribution in [2.75, 3.05) is 57.6 Å². The Labute approximate surface area is 159 Å². The number of carbonyl (C=O) groups excluding carboxylic acids is 1. The first-order valence-electron chi connectivity index (χ1n) is 8.74. The lowest BCUT2D eigenvalue weighted by Gasteiger charge is -2.31. The van der Waals surface area contributed by atoms with E-state index >= 15 is 0 Å². The average Bonchev–Trinajstić information content (AvgIpc) is 2.62. The molecule has 1 saturated heterocycles. The van der Waals surface area contributed by atoms with Gasteiger partial charge in [0, 0.05) is 51.2 Å². The van der Waals surface area contributed by atoms with E-state index in [1.807, 2.05) is 0 Å². The van der Waals surface area contributed by atoms with E-state index in [1.165, 1.54) is 10.6 Å². The van der Waals surface area contributed by atoms with Gasteiger partial charge >= 0.3 is 5.97 Å². The molecule has 0 radical (unpaired) electrons. The number of aromatic nitrogens is 2. The van der Waals surface area contributed by atoms with Crippen LogP contribution in [0.15, 0.2) is 12.4 Å². The van der Waals surface area contributed by atoms with Crippen molar-refractivity contribution in [3.63, 3.8) is 0 Å². The Morgan fingerprint density at radius 2 is 2.15 bits per heavy atom. The van der Waals surface area contributed by atoms with Gasteiger partial charge in [0.25, 0.3) is 0 Å². The molecule has 27 heavy (non-hydrogen) atoms. The Bertz CT molecular complexity index is 712. The number of esters is 1. The SMILES string of the molecule is CCOC(=O)CN(C)c1ncc(CNC[C@H]2CN(S(C)(=O)=O)CCO2)cn1. The van der Waals surface area contributed by atoms with Crippen molar-refractivity contribution in [1.29, 1.82) is 0 Å². The van der Waals surface area contributed by atoms with Gasteiger partial charge in [-0.25, -0.2) is 18.4 Å². The van der Waals surface area contributed by atoms with Gasteiger partial charge in [0.15, 0.2) is 0 Å². The molecule has 1 atom stereocenters. The van der Waals surface area contributed by atoms with Gasteiger partial charge in [-0.1, -0.05) is 0 Å². The van der Waals surface area contributed by atoms with Gasteiger partial charge in [0.05, 0.1) is 25.6 Å². The van der Waals surface area contributed by atoms with Crippen molar-refractivity contribution < 1.29 is 22.7 Å². The summed E-state index contributed by atoms with van der Waals surface area (Å²) in [6.07, 6.45) is 4.38. The number of sulfonamides is 1. The fourth-order valence-electron chi connectivity index (χ4n) is 2.60. The van der Waals surface area contributed by atoms with E-state index in [-0.39, 0.29) is 18.6 Å². The van der Waals surface area contributed by atoms with Gasteiger partial charge in [-0.05, 0) is 6.92 Å². The summed E-state index contributed by atoms with van der Waals surface area (Å²) in [5, 5.41) is 3.23. The first kappa shape index (κ1) is 21.5. The van der Waals surface area contributed by atoms with Crippen LogP contribution in [0, 0.1) is 0 Å². The summed E-state index contributed by atoms with van der Waals surface area (Å²) in [4.78, 5) is 21.6. The predicted octanol–water partition coefficient (Wildman–Crippen LogP) is -0.774.